The summed E-state index contributed by atoms with van der Waals surface area (Å²) in [6.07, 6.45) is 2.69. The third-order valence-corrected chi connectivity index (χ3v) is 11.1. The van der Waals surface area contributed by atoms with E-state index in [2.05, 4.69) is 57.3 Å². The first kappa shape index (κ1) is 14.3. The fourth-order valence-electron chi connectivity index (χ4n) is 5.11. The van der Waals surface area contributed by atoms with Crippen molar-refractivity contribution in [1.29, 1.82) is 0 Å². The highest BCUT2D eigenvalue weighted by atomic mass is 28.3. The molecule has 2 heteroatoms. The highest BCUT2D eigenvalue weighted by Gasteiger charge is 2.60. The average molecular weight is 289 g/mol. The van der Waals surface area contributed by atoms with Gasteiger partial charge in [-0.3, -0.25) is 0 Å². The van der Waals surface area contributed by atoms with Gasteiger partial charge in [0.2, 0.25) is 0 Å². The summed E-state index contributed by atoms with van der Waals surface area (Å²) in [6.45, 7) is 10.2. The van der Waals surface area contributed by atoms with Gasteiger partial charge in [-0.25, -0.2) is 0 Å². The van der Waals surface area contributed by atoms with Crippen LogP contribution in [-0.2, 0) is 0 Å². The maximum Gasteiger partial charge on any atom is 0.0840 e. The minimum absolute atomic E-state index is 0.384. The van der Waals surface area contributed by atoms with Crippen LogP contribution in [0.5, 0.6) is 0 Å². The van der Waals surface area contributed by atoms with Crippen LogP contribution in [0.4, 0.5) is 0 Å². The first-order valence-electron chi connectivity index (χ1n) is 8.05. The highest BCUT2D eigenvalue weighted by molar-refractivity contribution is 6.91. The number of hydrogen-bond donors (Lipinski definition) is 1. The Morgan fingerprint density at radius 1 is 1.15 bits per heavy atom. The molecule has 3 aliphatic carbocycles. The number of aliphatic hydroxyl groups is 1. The van der Waals surface area contributed by atoms with Crippen molar-refractivity contribution >= 4 is 13.3 Å². The van der Waals surface area contributed by atoms with Gasteiger partial charge in [-0.15, -0.1) is 0 Å². The van der Waals surface area contributed by atoms with Gasteiger partial charge in [-0.1, -0.05) is 62.5 Å². The zero-order chi connectivity index (χ0) is 14.5. The molecule has 20 heavy (non-hydrogen) atoms. The van der Waals surface area contributed by atoms with Crippen LogP contribution in [0.2, 0.25) is 18.6 Å². The third kappa shape index (κ3) is 1.92. The van der Waals surface area contributed by atoms with Crippen LogP contribution in [-0.4, -0.2) is 19.8 Å². The second-order valence-corrected chi connectivity index (χ2v) is 12.9. The van der Waals surface area contributed by atoms with Crippen molar-refractivity contribution in [3.8, 4) is 0 Å². The Kier molecular flexibility index (Phi) is 3.37. The van der Waals surface area contributed by atoms with E-state index in [0.717, 1.165) is 17.4 Å². The molecule has 0 heterocycles. The van der Waals surface area contributed by atoms with Gasteiger partial charge in [0, 0.05) is 6.61 Å². The zero-order valence-corrected chi connectivity index (χ0v) is 14.3. The smallest absolute Gasteiger partial charge is 0.0840 e. The first-order chi connectivity index (χ1) is 9.39. The molecule has 1 N–H and O–H groups in total. The van der Waals surface area contributed by atoms with Crippen molar-refractivity contribution in [2.45, 2.75) is 45.3 Å². The summed E-state index contributed by atoms with van der Waals surface area (Å²) in [7, 11) is -1.50. The molecular weight excluding hydrogens is 260 g/mol. The normalized spacial score (nSPS) is 35.5. The highest BCUT2D eigenvalue weighted by Crippen LogP contribution is 2.66. The second-order valence-electron chi connectivity index (χ2n) is 8.14. The lowest BCUT2D eigenvalue weighted by atomic mass is 9.45. The Labute approximate surface area is 124 Å². The molecule has 0 aromatic heterocycles. The Morgan fingerprint density at radius 3 is 2.35 bits per heavy atom. The minimum Gasteiger partial charge on any atom is -0.396 e. The molecule has 0 spiro atoms. The topological polar surface area (TPSA) is 20.2 Å². The largest absolute Gasteiger partial charge is 0.396 e. The Hall–Kier alpha value is -0.603. The van der Waals surface area contributed by atoms with Crippen molar-refractivity contribution < 1.29 is 5.11 Å². The third-order valence-electron chi connectivity index (χ3n) is 6.77. The van der Waals surface area contributed by atoms with Gasteiger partial charge in [0.25, 0.3) is 0 Å². The minimum atomic E-state index is -1.50. The van der Waals surface area contributed by atoms with Crippen molar-refractivity contribution in [1.82, 2.24) is 0 Å². The Bertz CT molecular complexity index is 479. The van der Waals surface area contributed by atoms with E-state index >= 15 is 0 Å². The maximum atomic E-state index is 10.0. The quantitative estimate of drug-likeness (QED) is 0.842. The molecule has 110 valence electrons. The summed E-state index contributed by atoms with van der Waals surface area (Å²) in [4.78, 5) is 0. The van der Waals surface area contributed by atoms with Crippen LogP contribution in [0.15, 0.2) is 30.3 Å². The molecule has 4 unspecified atom stereocenters. The standard InChI is InChI=1S/C18H28OSi/c1-18(2)13-10-16(18)15(12-19)17(11-13)20(3,4)14-8-6-5-7-9-14/h5-9,13,15-17,19H,10-12H2,1-4H3. The summed E-state index contributed by atoms with van der Waals surface area (Å²) >= 11 is 0. The van der Waals surface area contributed by atoms with E-state index in [9.17, 15) is 5.11 Å². The molecule has 0 saturated heterocycles. The summed E-state index contributed by atoms with van der Waals surface area (Å²) in [5.41, 5.74) is 1.21. The van der Waals surface area contributed by atoms with Crippen molar-refractivity contribution in [2.75, 3.05) is 6.61 Å². The second kappa shape index (κ2) is 4.71. The maximum absolute atomic E-state index is 10.0. The lowest BCUT2D eigenvalue weighted by Gasteiger charge is -2.64. The molecule has 1 nitrogen and oxygen atoms in total. The molecule has 0 amide bonds. The number of aliphatic hydroxyl groups excluding tert-OH is 1. The molecule has 3 fully saturated rings. The molecule has 1 aromatic rings. The molecule has 4 rings (SSSR count). The van der Waals surface area contributed by atoms with Crippen LogP contribution in [0, 0.1) is 23.2 Å². The Balaban J connectivity index is 1.91. The van der Waals surface area contributed by atoms with Crippen LogP contribution in [0.25, 0.3) is 0 Å². The fraction of sp³-hybridized carbons (Fsp3) is 0.667. The predicted octanol–water partition coefficient (Wildman–Crippen LogP) is 3.65. The molecule has 1 aromatic carbocycles. The molecule has 3 aliphatic rings. The van der Waals surface area contributed by atoms with Crippen LogP contribution < -0.4 is 5.19 Å². The van der Waals surface area contributed by atoms with E-state index in [4.69, 9.17) is 0 Å². The Morgan fingerprint density at radius 2 is 1.80 bits per heavy atom. The molecule has 2 bridgehead atoms. The number of benzene rings is 1. The van der Waals surface area contributed by atoms with E-state index in [0.29, 0.717) is 17.9 Å². The van der Waals surface area contributed by atoms with Crippen molar-refractivity contribution in [3.05, 3.63) is 30.3 Å². The van der Waals surface area contributed by atoms with Gasteiger partial charge < -0.3 is 5.11 Å². The molecule has 0 aliphatic heterocycles. The van der Waals surface area contributed by atoms with E-state index < -0.39 is 8.07 Å². The summed E-state index contributed by atoms with van der Waals surface area (Å²) in [6, 6.07) is 11.1. The van der Waals surface area contributed by atoms with E-state index in [1.807, 2.05) is 0 Å². The van der Waals surface area contributed by atoms with Gasteiger partial charge in [-0.2, -0.15) is 0 Å². The fourth-order valence-corrected chi connectivity index (χ4v) is 8.87. The van der Waals surface area contributed by atoms with E-state index in [-0.39, 0.29) is 0 Å². The zero-order valence-electron chi connectivity index (χ0n) is 13.3. The van der Waals surface area contributed by atoms with Gasteiger partial charge in [-0.05, 0) is 41.6 Å². The van der Waals surface area contributed by atoms with Crippen LogP contribution >= 0.6 is 0 Å². The first-order valence-corrected chi connectivity index (χ1v) is 11.1. The number of fused-ring (bicyclic) bond motifs is 2. The van der Waals surface area contributed by atoms with Crippen molar-refractivity contribution in [3.63, 3.8) is 0 Å². The molecule has 0 radical (unpaired) electrons. The molecule has 3 saturated carbocycles. The van der Waals surface area contributed by atoms with Gasteiger partial charge in [0.15, 0.2) is 0 Å². The number of hydrogen-bond acceptors (Lipinski definition) is 1. The van der Waals surface area contributed by atoms with Crippen molar-refractivity contribution in [2.24, 2.45) is 23.2 Å². The predicted molar refractivity (Wildman–Crippen MR) is 87.9 cm³/mol. The molecule has 4 atom stereocenters. The van der Waals surface area contributed by atoms with Gasteiger partial charge in [0.05, 0.1) is 8.07 Å². The summed E-state index contributed by atoms with van der Waals surface area (Å²) in [5, 5.41) is 11.6. The lowest BCUT2D eigenvalue weighted by molar-refractivity contribution is -0.117. The average Bonchev–Trinajstić information content (AvgIpc) is 2.47. The monoisotopic (exact) mass is 288 g/mol. The lowest BCUT2D eigenvalue weighted by Crippen LogP contribution is -2.61. The number of rotatable bonds is 3. The summed E-state index contributed by atoms with van der Waals surface area (Å²) < 4.78 is 0. The summed E-state index contributed by atoms with van der Waals surface area (Å²) in [5.74, 6) is 2.15. The molecular formula is C18H28OSi. The van der Waals surface area contributed by atoms with E-state index in [1.165, 1.54) is 12.8 Å². The van der Waals surface area contributed by atoms with Crippen LogP contribution in [0.1, 0.15) is 26.7 Å². The van der Waals surface area contributed by atoms with Gasteiger partial charge >= 0.3 is 0 Å². The van der Waals surface area contributed by atoms with Gasteiger partial charge in [0.1, 0.15) is 0 Å². The van der Waals surface area contributed by atoms with Crippen LogP contribution in [0.3, 0.4) is 0 Å². The van der Waals surface area contributed by atoms with E-state index in [1.54, 1.807) is 5.19 Å². The SMILES string of the molecule is CC1(C)C2CC1C(CO)C([Si](C)(C)c1ccccc1)C2.